The van der Waals surface area contributed by atoms with E-state index in [9.17, 15) is 10.5 Å². The Morgan fingerprint density at radius 3 is 1.25 bits per heavy atom. The van der Waals surface area contributed by atoms with Gasteiger partial charge in [-0.15, -0.1) is 0 Å². The quantitative estimate of drug-likeness (QED) is 0.182. The predicted octanol–water partition coefficient (Wildman–Crippen LogP) is 11.6. The van der Waals surface area contributed by atoms with Crippen LogP contribution in [-0.4, -0.2) is 19.1 Å². The lowest BCUT2D eigenvalue weighted by atomic mass is 9.86. The molecular formula is C48H26N6O. The maximum Gasteiger partial charge on any atom is 0.155 e. The zero-order valence-corrected chi connectivity index (χ0v) is 29.1. The number of benzene rings is 6. The highest BCUT2D eigenvalue weighted by Gasteiger charge is 2.27. The maximum atomic E-state index is 11.0. The second-order valence-electron chi connectivity index (χ2n) is 13.6. The summed E-state index contributed by atoms with van der Waals surface area (Å²) in [7, 11) is 0. The van der Waals surface area contributed by atoms with Gasteiger partial charge in [-0.05, 0) is 54.6 Å². The van der Waals surface area contributed by atoms with E-state index < -0.39 is 0 Å². The molecule has 0 bridgehead atoms. The lowest BCUT2D eigenvalue weighted by Gasteiger charge is -2.16. The van der Waals surface area contributed by atoms with Crippen LogP contribution in [0, 0.1) is 22.7 Å². The molecule has 0 amide bonds. The van der Waals surface area contributed by atoms with Crippen molar-refractivity contribution < 1.29 is 4.42 Å². The highest BCUT2D eigenvalue weighted by Crippen LogP contribution is 2.46. The van der Waals surface area contributed by atoms with Crippen molar-refractivity contribution in [3.63, 3.8) is 0 Å². The summed E-state index contributed by atoms with van der Waals surface area (Å²) in [6.45, 7) is 0. The number of aromatic nitrogens is 4. The van der Waals surface area contributed by atoms with Gasteiger partial charge in [0.1, 0.15) is 34.9 Å². The number of hydrogen-bond acceptors (Lipinski definition) is 5. The Labute approximate surface area is 313 Å². The van der Waals surface area contributed by atoms with E-state index in [-0.39, 0.29) is 0 Å². The van der Waals surface area contributed by atoms with Crippen LogP contribution in [0.3, 0.4) is 0 Å². The summed E-state index contributed by atoms with van der Waals surface area (Å²) in [5.41, 5.74) is 8.47. The fraction of sp³-hybridized carbons (Fsp3) is 0. The Bertz CT molecular complexity index is 3340. The molecule has 5 aromatic heterocycles. The fourth-order valence-electron chi connectivity index (χ4n) is 8.43. The van der Waals surface area contributed by atoms with Crippen LogP contribution >= 0.6 is 0 Å². The van der Waals surface area contributed by atoms with Crippen LogP contribution in [0.4, 0.5) is 0 Å². The molecule has 11 rings (SSSR count). The molecule has 5 heterocycles. The molecule has 0 unspecified atom stereocenters. The van der Waals surface area contributed by atoms with Crippen LogP contribution in [0.1, 0.15) is 11.1 Å². The molecule has 0 aliphatic rings. The van der Waals surface area contributed by atoms with E-state index >= 15 is 0 Å². The minimum atomic E-state index is 0.332. The third-order valence-corrected chi connectivity index (χ3v) is 10.7. The molecule has 6 aromatic carbocycles. The molecule has 0 atom stereocenters. The predicted molar refractivity (Wildman–Crippen MR) is 218 cm³/mol. The lowest BCUT2D eigenvalue weighted by Crippen LogP contribution is -2.01. The first-order chi connectivity index (χ1) is 27.2. The molecule has 0 aliphatic heterocycles. The smallest absolute Gasteiger partial charge is 0.155 e. The SMILES string of the molecule is N#Cc1c(-c2ccc(-n3c4ccccc4c4ccccc43)nc2)c(-c2ccc(-n3c4ccccc4c4ccccc43)nc2)c(C#N)c2c1oc1ccccc12. The molecule has 0 aliphatic carbocycles. The Kier molecular flexibility index (Phi) is 6.54. The maximum absolute atomic E-state index is 11.0. The largest absolute Gasteiger partial charge is 0.455 e. The van der Waals surface area contributed by atoms with Crippen molar-refractivity contribution in [2.45, 2.75) is 0 Å². The van der Waals surface area contributed by atoms with Gasteiger partial charge in [0.25, 0.3) is 0 Å². The minimum Gasteiger partial charge on any atom is -0.455 e. The number of pyridine rings is 2. The van der Waals surface area contributed by atoms with Gasteiger partial charge in [-0.1, -0.05) is 91.0 Å². The van der Waals surface area contributed by atoms with Crippen molar-refractivity contribution in [1.29, 1.82) is 10.5 Å². The van der Waals surface area contributed by atoms with Crippen molar-refractivity contribution in [3.8, 4) is 46.0 Å². The highest BCUT2D eigenvalue weighted by molar-refractivity contribution is 6.16. The number of fused-ring (bicyclic) bond motifs is 9. The van der Waals surface area contributed by atoms with E-state index in [0.29, 0.717) is 49.9 Å². The van der Waals surface area contributed by atoms with Crippen LogP contribution in [0.25, 0.3) is 99.4 Å². The molecule has 0 fully saturated rings. The van der Waals surface area contributed by atoms with Gasteiger partial charge in [0.05, 0.1) is 27.6 Å². The number of rotatable bonds is 4. The average molecular weight is 703 g/mol. The van der Waals surface area contributed by atoms with Crippen LogP contribution in [0.2, 0.25) is 0 Å². The molecule has 0 saturated carbocycles. The summed E-state index contributed by atoms with van der Waals surface area (Å²) in [4.78, 5) is 10.0. The van der Waals surface area contributed by atoms with Gasteiger partial charge in [-0.3, -0.25) is 9.13 Å². The van der Waals surface area contributed by atoms with Crippen molar-refractivity contribution in [2.24, 2.45) is 0 Å². The normalized spacial score (nSPS) is 11.6. The van der Waals surface area contributed by atoms with Crippen molar-refractivity contribution in [2.75, 3.05) is 0 Å². The number of nitrogens with zero attached hydrogens (tertiary/aromatic N) is 6. The average Bonchev–Trinajstić information content (AvgIpc) is 3.91. The first-order valence-corrected chi connectivity index (χ1v) is 17.9. The first kappa shape index (κ1) is 30.6. The van der Waals surface area contributed by atoms with E-state index in [1.807, 2.05) is 97.1 Å². The van der Waals surface area contributed by atoms with Gasteiger partial charge in [0, 0.05) is 67.0 Å². The van der Waals surface area contributed by atoms with E-state index in [2.05, 4.69) is 69.8 Å². The zero-order chi connectivity index (χ0) is 36.6. The summed E-state index contributed by atoms with van der Waals surface area (Å²) in [5.74, 6) is 1.48. The molecule has 11 aromatic rings. The summed E-state index contributed by atoms with van der Waals surface area (Å²) in [6.07, 6.45) is 3.59. The third-order valence-electron chi connectivity index (χ3n) is 10.7. The second-order valence-corrected chi connectivity index (χ2v) is 13.6. The minimum absolute atomic E-state index is 0.332. The molecular weight excluding hydrogens is 677 g/mol. The second kappa shape index (κ2) is 11.8. The van der Waals surface area contributed by atoms with Crippen LogP contribution < -0.4 is 0 Å². The monoisotopic (exact) mass is 702 g/mol. The number of hydrogen-bond donors (Lipinski definition) is 0. The van der Waals surface area contributed by atoms with Gasteiger partial charge >= 0.3 is 0 Å². The van der Waals surface area contributed by atoms with Crippen molar-refractivity contribution in [1.82, 2.24) is 19.1 Å². The van der Waals surface area contributed by atoms with Crippen molar-refractivity contribution in [3.05, 3.63) is 169 Å². The first-order valence-electron chi connectivity index (χ1n) is 17.9. The molecule has 55 heavy (non-hydrogen) atoms. The standard InChI is InChI=1S/C48H26N6O/c49-25-36-45(29-21-23-43(51-27-29)53-38-16-6-1-11-31(38)32-12-2-7-17-39(32)53)46(37(26-50)48-47(36)35-15-5-10-20-42(35)55-48)30-22-24-44(52-28-30)54-40-18-8-3-13-33(40)34-14-4-9-19-41(34)54/h1-24,27-28H. The Hall–Kier alpha value is -8.00. The topological polar surface area (TPSA) is 96.4 Å². The summed E-state index contributed by atoms with van der Waals surface area (Å²) >= 11 is 0. The number of para-hydroxylation sites is 5. The van der Waals surface area contributed by atoms with E-state index in [4.69, 9.17) is 14.4 Å². The Morgan fingerprint density at radius 1 is 0.436 bits per heavy atom. The van der Waals surface area contributed by atoms with Crippen LogP contribution in [0.15, 0.2) is 162 Å². The Morgan fingerprint density at radius 2 is 0.836 bits per heavy atom. The van der Waals surface area contributed by atoms with E-state index in [1.54, 1.807) is 12.4 Å². The van der Waals surface area contributed by atoms with Gasteiger partial charge in [0.15, 0.2) is 5.58 Å². The molecule has 0 N–H and O–H groups in total. The van der Waals surface area contributed by atoms with Gasteiger partial charge in [-0.25, -0.2) is 9.97 Å². The van der Waals surface area contributed by atoms with Crippen molar-refractivity contribution >= 4 is 65.6 Å². The molecule has 254 valence electrons. The summed E-state index contributed by atoms with van der Waals surface area (Å²) in [5, 5.41) is 27.8. The molecule has 0 spiro atoms. The summed E-state index contributed by atoms with van der Waals surface area (Å²) < 4.78 is 10.7. The van der Waals surface area contributed by atoms with Gasteiger partial charge in [-0.2, -0.15) is 10.5 Å². The number of nitriles is 2. The summed E-state index contributed by atoms with van der Waals surface area (Å²) in [6, 6.07) is 53.7. The van der Waals surface area contributed by atoms with Crippen LogP contribution in [0.5, 0.6) is 0 Å². The van der Waals surface area contributed by atoms with Crippen LogP contribution in [-0.2, 0) is 0 Å². The highest BCUT2D eigenvalue weighted by atomic mass is 16.3. The molecule has 0 radical (unpaired) electrons. The van der Waals surface area contributed by atoms with E-state index in [0.717, 1.165) is 60.6 Å². The Balaban J connectivity index is 1.15. The lowest BCUT2D eigenvalue weighted by molar-refractivity contribution is 0.668. The number of furan rings is 1. The van der Waals surface area contributed by atoms with Gasteiger partial charge in [0.2, 0.25) is 0 Å². The van der Waals surface area contributed by atoms with Gasteiger partial charge < -0.3 is 4.42 Å². The molecule has 7 nitrogen and oxygen atoms in total. The van der Waals surface area contributed by atoms with E-state index in [1.165, 1.54) is 0 Å². The third kappa shape index (κ3) is 4.36. The molecule has 0 saturated heterocycles. The molecule has 7 heteroatoms. The fourth-order valence-corrected chi connectivity index (χ4v) is 8.43. The zero-order valence-electron chi connectivity index (χ0n) is 29.1.